The van der Waals surface area contributed by atoms with Gasteiger partial charge in [0.1, 0.15) is 0 Å². The molecule has 6 nitrogen and oxygen atoms in total. The first-order chi connectivity index (χ1) is 14.1. The zero-order valence-electron chi connectivity index (χ0n) is 15.6. The summed E-state index contributed by atoms with van der Waals surface area (Å²) in [6.45, 7) is 1.08. The van der Waals surface area contributed by atoms with Crippen LogP contribution in [-0.4, -0.2) is 43.8 Å². The Kier molecular flexibility index (Phi) is 5.97. The molecule has 2 aromatic carbocycles. The van der Waals surface area contributed by atoms with E-state index in [0.29, 0.717) is 35.5 Å². The third-order valence-electron chi connectivity index (χ3n) is 4.70. The molecule has 0 atom stereocenters. The van der Waals surface area contributed by atoms with Crippen molar-refractivity contribution < 1.29 is 9.59 Å². The van der Waals surface area contributed by atoms with Gasteiger partial charge in [0, 0.05) is 23.6 Å². The monoisotopic (exact) mass is 426 g/mol. The molecule has 0 aliphatic carbocycles. The molecule has 2 heterocycles. The van der Waals surface area contributed by atoms with Crippen LogP contribution < -0.4 is 0 Å². The van der Waals surface area contributed by atoms with E-state index in [0.717, 1.165) is 17.5 Å². The highest BCUT2D eigenvalue weighted by Gasteiger charge is 2.27. The minimum atomic E-state index is -0.181. The Morgan fingerprint density at radius 1 is 1.07 bits per heavy atom. The van der Waals surface area contributed by atoms with Crippen LogP contribution in [0.1, 0.15) is 18.4 Å². The van der Waals surface area contributed by atoms with Crippen molar-refractivity contribution in [3.05, 3.63) is 65.2 Å². The van der Waals surface area contributed by atoms with Crippen molar-refractivity contribution in [1.82, 2.24) is 19.7 Å². The molecule has 1 aliphatic heterocycles. The standard InChI is InChI=1S/C21H19ClN4O2S/c22-17-10-8-16(9-11-17)20-23-24-21(26(20)13-15-5-2-1-3-6-15)29-14-19(28)25-12-4-7-18(25)27/h1-3,5-6,8-11H,4,7,12-14H2. The molecular weight excluding hydrogens is 408 g/mol. The Bertz CT molecular complexity index is 1020. The molecule has 0 unspecified atom stereocenters. The van der Waals surface area contributed by atoms with Gasteiger partial charge in [-0.3, -0.25) is 19.1 Å². The van der Waals surface area contributed by atoms with Crippen molar-refractivity contribution in [3.8, 4) is 11.4 Å². The van der Waals surface area contributed by atoms with Crippen LogP contribution in [0.5, 0.6) is 0 Å². The highest BCUT2D eigenvalue weighted by Crippen LogP contribution is 2.27. The first-order valence-corrected chi connectivity index (χ1v) is 10.7. The van der Waals surface area contributed by atoms with E-state index >= 15 is 0 Å². The lowest BCUT2D eigenvalue weighted by molar-refractivity contribution is -0.140. The first-order valence-electron chi connectivity index (χ1n) is 9.31. The van der Waals surface area contributed by atoms with Crippen LogP contribution in [0.3, 0.4) is 0 Å². The fraction of sp³-hybridized carbons (Fsp3) is 0.238. The highest BCUT2D eigenvalue weighted by atomic mass is 35.5. The van der Waals surface area contributed by atoms with Gasteiger partial charge in [0.05, 0.1) is 12.3 Å². The van der Waals surface area contributed by atoms with Crippen LogP contribution in [0.2, 0.25) is 5.02 Å². The number of aromatic nitrogens is 3. The molecule has 2 amide bonds. The number of nitrogens with zero attached hydrogens (tertiary/aromatic N) is 4. The van der Waals surface area contributed by atoms with Gasteiger partial charge in [-0.15, -0.1) is 10.2 Å². The number of rotatable bonds is 6. The van der Waals surface area contributed by atoms with Crippen molar-refractivity contribution in [1.29, 1.82) is 0 Å². The lowest BCUT2D eigenvalue weighted by Crippen LogP contribution is -2.33. The molecule has 148 valence electrons. The largest absolute Gasteiger partial charge is 0.298 e. The van der Waals surface area contributed by atoms with Gasteiger partial charge in [0.25, 0.3) is 0 Å². The molecule has 1 aromatic heterocycles. The van der Waals surface area contributed by atoms with Crippen LogP contribution in [0.15, 0.2) is 59.8 Å². The second kappa shape index (κ2) is 8.80. The molecule has 8 heteroatoms. The number of likely N-dealkylation sites (tertiary alicyclic amines) is 1. The number of carbonyl (C=O) groups excluding carboxylic acids is 2. The van der Waals surface area contributed by atoms with Gasteiger partial charge in [-0.1, -0.05) is 53.7 Å². The number of hydrogen-bond donors (Lipinski definition) is 0. The molecule has 1 saturated heterocycles. The molecule has 4 rings (SSSR count). The van der Waals surface area contributed by atoms with E-state index in [-0.39, 0.29) is 17.6 Å². The molecular formula is C21H19ClN4O2S. The summed E-state index contributed by atoms with van der Waals surface area (Å²) in [4.78, 5) is 25.6. The van der Waals surface area contributed by atoms with Gasteiger partial charge in [-0.25, -0.2) is 0 Å². The Morgan fingerprint density at radius 2 is 1.83 bits per heavy atom. The first kappa shape index (κ1) is 19.7. The van der Waals surface area contributed by atoms with E-state index in [1.54, 1.807) is 0 Å². The normalized spacial score (nSPS) is 13.8. The molecule has 3 aromatic rings. The predicted octanol–water partition coefficient (Wildman–Crippen LogP) is 3.89. The van der Waals surface area contributed by atoms with E-state index in [9.17, 15) is 9.59 Å². The molecule has 0 N–H and O–H groups in total. The average molecular weight is 427 g/mol. The Balaban J connectivity index is 1.59. The average Bonchev–Trinajstić information content (AvgIpc) is 3.34. The van der Waals surface area contributed by atoms with Crippen molar-refractivity contribution >= 4 is 35.2 Å². The maximum Gasteiger partial charge on any atom is 0.239 e. The van der Waals surface area contributed by atoms with Crippen molar-refractivity contribution in [2.24, 2.45) is 0 Å². The van der Waals surface area contributed by atoms with E-state index < -0.39 is 0 Å². The quantitative estimate of drug-likeness (QED) is 0.559. The number of halogens is 1. The van der Waals surface area contributed by atoms with Gasteiger partial charge in [-0.05, 0) is 36.2 Å². The predicted molar refractivity (Wildman–Crippen MR) is 113 cm³/mol. The van der Waals surface area contributed by atoms with Crippen LogP contribution in [0.25, 0.3) is 11.4 Å². The van der Waals surface area contributed by atoms with Crippen molar-refractivity contribution in [3.63, 3.8) is 0 Å². The SMILES string of the molecule is O=C1CCCN1C(=O)CSc1nnc(-c2ccc(Cl)cc2)n1Cc1ccccc1. The van der Waals surface area contributed by atoms with Gasteiger partial charge >= 0.3 is 0 Å². The van der Waals surface area contributed by atoms with E-state index in [1.165, 1.54) is 16.7 Å². The van der Waals surface area contributed by atoms with E-state index in [4.69, 9.17) is 11.6 Å². The van der Waals surface area contributed by atoms with Crippen LogP contribution in [0.4, 0.5) is 0 Å². The number of thioether (sulfide) groups is 1. The Labute approximate surface area is 177 Å². The van der Waals surface area contributed by atoms with Gasteiger partial charge in [-0.2, -0.15) is 0 Å². The molecule has 0 saturated carbocycles. The fourth-order valence-corrected chi connectivity index (χ4v) is 4.17. The summed E-state index contributed by atoms with van der Waals surface area (Å²) in [7, 11) is 0. The summed E-state index contributed by atoms with van der Waals surface area (Å²) in [6, 6.07) is 17.4. The van der Waals surface area contributed by atoms with Crippen LogP contribution in [-0.2, 0) is 16.1 Å². The van der Waals surface area contributed by atoms with Crippen molar-refractivity contribution in [2.45, 2.75) is 24.5 Å². The highest BCUT2D eigenvalue weighted by molar-refractivity contribution is 7.99. The minimum absolute atomic E-state index is 0.0943. The smallest absolute Gasteiger partial charge is 0.239 e. The molecule has 0 radical (unpaired) electrons. The lowest BCUT2D eigenvalue weighted by atomic mass is 10.2. The number of hydrogen-bond acceptors (Lipinski definition) is 5. The summed E-state index contributed by atoms with van der Waals surface area (Å²) in [5, 5.41) is 9.96. The van der Waals surface area contributed by atoms with E-state index in [1.807, 2.05) is 59.2 Å². The third kappa shape index (κ3) is 4.52. The Morgan fingerprint density at radius 3 is 2.52 bits per heavy atom. The number of amides is 2. The molecule has 0 spiro atoms. The van der Waals surface area contributed by atoms with E-state index in [2.05, 4.69) is 10.2 Å². The molecule has 0 bridgehead atoms. The minimum Gasteiger partial charge on any atom is -0.298 e. The topological polar surface area (TPSA) is 68.1 Å². The van der Waals surface area contributed by atoms with Gasteiger partial charge in [0.15, 0.2) is 11.0 Å². The molecule has 1 fully saturated rings. The zero-order valence-corrected chi connectivity index (χ0v) is 17.2. The van der Waals surface area contributed by atoms with Gasteiger partial charge in [0.2, 0.25) is 11.8 Å². The number of benzene rings is 2. The van der Waals surface area contributed by atoms with Gasteiger partial charge < -0.3 is 0 Å². The fourth-order valence-electron chi connectivity index (χ4n) is 3.23. The molecule has 1 aliphatic rings. The Hall–Kier alpha value is -2.64. The van der Waals surface area contributed by atoms with Crippen LogP contribution >= 0.6 is 23.4 Å². The van der Waals surface area contributed by atoms with Crippen molar-refractivity contribution in [2.75, 3.05) is 12.3 Å². The summed E-state index contributed by atoms with van der Waals surface area (Å²) in [5.41, 5.74) is 2.00. The zero-order chi connectivity index (χ0) is 20.2. The summed E-state index contributed by atoms with van der Waals surface area (Å²) in [5.74, 6) is 0.583. The second-order valence-electron chi connectivity index (χ2n) is 6.72. The number of imide groups is 1. The van der Waals surface area contributed by atoms with Crippen LogP contribution in [0, 0.1) is 0 Å². The summed E-state index contributed by atoms with van der Waals surface area (Å²) in [6.07, 6.45) is 1.18. The summed E-state index contributed by atoms with van der Waals surface area (Å²) >= 11 is 7.32. The third-order valence-corrected chi connectivity index (χ3v) is 5.91. The number of carbonyl (C=O) groups is 2. The maximum atomic E-state index is 12.4. The second-order valence-corrected chi connectivity index (χ2v) is 8.10. The summed E-state index contributed by atoms with van der Waals surface area (Å²) < 4.78 is 1.99. The lowest BCUT2D eigenvalue weighted by Gasteiger charge is -2.14. The maximum absolute atomic E-state index is 12.4. The molecule has 29 heavy (non-hydrogen) atoms.